The Labute approximate surface area is 184 Å². The minimum Gasteiger partial charge on any atom is -0.325 e. The lowest BCUT2D eigenvalue weighted by molar-refractivity contribution is -0.114. The molecule has 0 saturated heterocycles. The summed E-state index contributed by atoms with van der Waals surface area (Å²) in [6.07, 6.45) is 0. The summed E-state index contributed by atoms with van der Waals surface area (Å²) in [5.41, 5.74) is 3.35. The quantitative estimate of drug-likeness (QED) is 0.402. The first-order valence-corrected chi connectivity index (χ1v) is 11.1. The van der Waals surface area contributed by atoms with Crippen LogP contribution in [0, 0.1) is 0 Å². The Kier molecular flexibility index (Phi) is 5.18. The van der Waals surface area contributed by atoms with Crippen molar-refractivity contribution in [1.82, 2.24) is 0 Å². The van der Waals surface area contributed by atoms with E-state index in [4.69, 9.17) is 0 Å². The Morgan fingerprint density at radius 2 is 1.58 bits per heavy atom. The van der Waals surface area contributed by atoms with Crippen molar-refractivity contribution in [2.24, 2.45) is 0 Å². The molecule has 1 N–H and O–H groups in total. The third-order valence-electron chi connectivity index (χ3n) is 5.34. The number of carbonyl (C=O) groups excluding carboxylic acids is 2. The van der Waals surface area contributed by atoms with Gasteiger partial charge in [-0.1, -0.05) is 54.6 Å². The fraction of sp³-hybridized carbons (Fsp3) is 0.0769. The van der Waals surface area contributed by atoms with E-state index in [1.807, 2.05) is 78.9 Å². The van der Waals surface area contributed by atoms with E-state index >= 15 is 0 Å². The summed E-state index contributed by atoms with van der Waals surface area (Å²) in [5.74, 6) is 0.516. The van der Waals surface area contributed by atoms with Gasteiger partial charge in [0.25, 0.3) is 5.91 Å². The number of hydrogen-bond donors (Lipinski definition) is 1. The van der Waals surface area contributed by atoms with Gasteiger partial charge in [-0.15, -0.1) is 11.8 Å². The Morgan fingerprint density at radius 1 is 0.839 bits per heavy atom. The Balaban J connectivity index is 1.23. The zero-order valence-electron chi connectivity index (χ0n) is 16.7. The molecule has 5 heteroatoms. The van der Waals surface area contributed by atoms with Gasteiger partial charge in [-0.2, -0.15) is 0 Å². The number of nitrogens with one attached hydrogen (secondary N) is 1. The Hall–Kier alpha value is -3.57. The molecule has 0 aromatic heterocycles. The first kappa shape index (κ1) is 19.4. The maximum Gasteiger partial charge on any atom is 0.259 e. The van der Waals surface area contributed by atoms with Gasteiger partial charge in [-0.05, 0) is 47.3 Å². The molecule has 2 amide bonds. The summed E-state index contributed by atoms with van der Waals surface area (Å²) >= 11 is 1.77. The molecular weight excluding hydrogens is 404 g/mol. The van der Waals surface area contributed by atoms with Crippen LogP contribution in [-0.4, -0.2) is 18.4 Å². The van der Waals surface area contributed by atoms with E-state index in [-0.39, 0.29) is 18.4 Å². The molecule has 1 aliphatic rings. The SMILES string of the molecule is O=C(CN1C(=O)c2cccc3cccc1c23)Nc1ccc(CSc2ccccc2)cc1. The number of benzene rings is 4. The molecule has 0 spiro atoms. The molecule has 0 saturated carbocycles. The number of carbonyl (C=O) groups is 2. The Morgan fingerprint density at radius 3 is 2.35 bits per heavy atom. The summed E-state index contributed by atoms with van der Waals surface area (Å²) in [5, 5.41) is 4.84. The van der Waals surface area contributed by atoms with Gasteiger partial charge in [0, 0.05) is 27.3 Å². The molecule has 0 aliphatic carbocycles. The molecule has 4 nitrogen and oxygen atoms in total. The highest BCUT2D eigenvalue weighted by molar-refractivity contribution is 7.98. The van der Waals surface area contributed by atoms with Crippen molar-refractivity contribution in [2.45, 2.75) is 10.6 Å². The van der Waals surface area contributed by atoms with Gasteiger partial charge in [0.1, 0.15) is 6.54 Å². The smallest absolute Gasteiger partial charge is 0.259 e. The van der Waals surface area contributed by atoms with Crippen molar-refractivity contribution in [1.29, 1.82) is 0 Å². The number of nitrogens with zero attached hydrogens (tertiary/aromatic N) is 1. The third kappa shape index (κ3) is 3.92. The van der Waals surface area contributed by atoms with E-state index < -0.39 is 0 Å². The topological polar surface area (TPSA) is 49.4 Å². The molecule has 5 rings (SSSR count). The first-order valence-electron chi connectivity index (χ1n) is 10.1. The van der Waals surface area contributed by atoms with Crippen LogP contribution in [0.5, 0.6) is 0 Å². The van der Waals surface area contributed by atoms with Crippen LogP contribution in [0.1, 0.15) is 15.9 Å². The second-order valence-corrected chi connectivity index (χ2v) is 8.47. The van der Waals surface area contributed by atoms with Crippen LogP contribution in [-0.2, 0) is 10.5 Å². The second-order valence-electron chi connectivity index (χ2n) is 7.42. The number of rotatable bonds is 6. The van der Waals surface area contributed by atoms with Crippen molar-refractivity contribution in [3.8, 4) is 0 Å². The van der Waals surface area contributed by atoms with Crippen molar-refractivity contribution in [2.75, 3.05) is 16.8 Å². The predicted molar refractivity (Wildman–Crippen MR) is 127 cm³/mol. The average Bonchev–Trinajstić information content (AvgIpc) is 3.07. The molecule has 0 fully saturated rings. The molecule has 0 atom stereocenters. The standard InChI is InChI=1S/C26H20N2O2S/c29-24(16-28-23-11-5-7-19-6-4-10-22(25(19)23)26(28)30)27-20-14-12-18(13-15-20)17-31-21-8-2-1-3-9-21/h1-15H,16-17H2,(H,27,29). The lowest BCUT2D eigenvalue weighted by atomic mass is 10.1. The van der Waals surface area contributed by atoms with Gasteiger partial charge in [-0.25, -0.2) is 0 Å². The van der Waals surface area contributed by atoms with Gasteiger partial charge in [0.05, 0.1) is 5.69 Å². The van der Waals surface area contributed by atoms with Crippen LogP contribution in [0.4, 0.5) is 11.4 Å². The van der Waals surface area contributed by atoms with E-state index in [9.17, 15) is 9.59 Å². The molecule has 0 bridgehead atoms. The van der Waals surface area contributed by atoms with Crippen LogP contribution < -0.4 is 10.2 Å². The summed E-state index contributed by atoms with van der Waals surface area (Å²) in [7, 11) is 0. The van der Waals surface area contributed by atoms with E-state index in [0.29, 0.717) is 5.56 Å². The minimum atomic E-state index is -0.218. The van der Waals surface area contributed by atoms with Crippen LogP contribution in [0.2, 0.25) is 0 Å². The normalized spacial score (nSPS) is 12.4. The maximum atomic E-state index is 12.8. The molecule has 0 unspecified atom stereocenters. The fourth-order valence-corrected chi connectivity index (χ4v) is 4.72. The molecule has 0 radical (unpaired) electrons. The monoisotopic (exact) mass is 424 g/mol. The van der Waals surface area contributed by atoms with Crippen LogP contribution in [0.3, 0.4) is 0 Å². The molecule has 152 valence electrons. The first-order chi connectivity index (χ1) is 15.2. The van der Waals surface area contributed by atoms with E-state index in [0.717, 1.165) is 27.9 Å². The van der Waals surface area contributed by atoms with E-state index in [1.165, 1.54) is 10.5 Å². The largest absolute Gasteiger partial charge is 0.325 e. The van der Waals surface area contributed by atoms with Gasteiger partial charge in [0.2, 0.25) is 5.91 Å². The fourth-order valence-electron chi connectivity index (χ4n) is 3.85. The van der Waals surface area contributed by atoms with Gasteiger partial charge >= 0.3 is 0 Å². The van der Waals surface area contributed by atoms with Crippen molar-refractivity contribution < 1.29 is 9.59 Å². The van der Waals surface area contributed by atoms with Crippen molar-refractivity contribution >= 4 is 45.7 Å². The molecule has 31 heavy (non-hydrogen) atoms. The number of amides is 2. The number of thioether (sulfide) groups is 1. The summed E-state index contributed by atoms with van der Waals surface area (Å²) in [6, 6.07) is 29.6. The minimum absolute atomic E-state index is 0.0156. The third-order valence-corrected chi connectivity index (χ3v) is 6.42. The highest BCUT2D eigenvalue weighted by Gasteiger charge is 2.30. The highest BCUT2D eigenvalue weighted by Crippen LogP contribution is 2.37. The summed E-state index contributed by atoms with van der Waals surface area (Å²) in [6.45, 7) is -0.0156. The lowest BCUT2D eigenvalue weighted by Gasteiger charge is -2.17. The molecular formula is C26H20N2O2S. The number of hydrogen-bond acceptors (Lipinski definition) is 3. The highest BCUT2D eigenvalue weighted by atomic mass is 32.2. The zero-order chi connectivity index (χ0) is 21.2. The molecule has 4 aromatic carbocycles. The van der Waals surface area contributed by atoms with Crippen molar-refractivity contribution in [3.05, 3.63) is 102 Å². The van der Waals surface area contributed by atoms with Gasteiger partial charge in [-0.3, -0.25) is 14.5 Å². The van der Waals surface area contributed by atoms with Crippen molar-refractivity contribution in [3.63, 3.8) is 0 Å². The maximum absolute atomic E-state index is 12.8. The zero-order valence-corrected chi connectivity index (χ0v) is 17.6. The average molecular weight is 425 g/mol. The van der Waals surface area contributed by atoms with E-state index in [1.54, 1.807) is 16.7 Å². The van der Waals surface area contributed by atoms with Crippen LogP contribution in [0.25, 0.3) is 10.8 Å². The number of anilines is 2. The molecule has 1 heterocycles. The van der Waals surface area contributed by atoms with E-state index in [2.05, 4.69) is 17.4 Å². The summed E-state index contributed by atoms with van der Waals surface area (Å²) < 4.78 is 0. The van der Waals surface area contributed by atoms with Crippen LogP contribution in [0.15, 0.2) is 95.9 Å². The molecule has 4 aromatic rings. The second kappa shape index (κ2) is 8.28. The summed E-state index contributed by atoms with van der Waals surface area (Å²) in [4.78, 5) is 28.3. The Bertz CT molecular complexity index is 1260. The molecule has 1 aliphatic heterocycles. The van der Waals surface area contributed by atoms with Gasteiger partial charge < -0.3 is 5.32 Å². The van der Waals surface area contributed by atoms with Crippen LogP contribution >= 0.6 is 11.8 Å². The van der Waals surface area contributed by atoms with Gasteiger partial charge in [0.15, 0.2) is 0 Å². The predicted octanol–water partition coefficient (Wildman–Crippen LogP) is 5.73. The lowest BCUT2D eigenvalue weighted by Crippen LogP contribution is -2.35.